The van der Waals surface area contributed by atoms with E-state index in [2.05, 4.69) is 37.3 Å². The minimum absolute atomic E-state index is 0.135. The van der Waals surface area contributed by atoms with Gasteiger partial charge in [-0.05, 0) is 69.6 Å². The van der Waals surface area contributed by atoms with Crippen LogP contribution in [0, 0.1) is 0 Å². The lowest BCUT2D eigenvalue weighted by atomic mass is 9.56. The van der Waals surface area contributed by atoms with Crippen LogP contribution in [-0.2, 0) is 15.4 Å². The summed E-state index contributed by atoms with van der Waals surface area (Å²) in [5.41, 5.74) is 4.46. The topological polar surface area (TPSA) is 79.3 Å². The molecule has 0 spiro atoms. The fraction of sp³-hybridized carbons (Fsp3) is 0.550. The molecule has 0 saturated heterocycles. The first-order chi connectivity index (χ1) is 13.0. The molecule has 0 aliphatic heterocycles. The molecule has 2 bridgehead atoms. The number of hydrogen-bond donors (Lipinski definition) is 2. The van der Waals surface area contributed by atoms with Gasteiger partial charge in [-0.1, -0.05) is 0 Å². The Kier molecular flexibility index (Phi) is 3.07. The summed E-state index contributed by atoms with van der Waals surface area (Å²) in [6.07, 6.45) is 11.5. The summed E-state index contributed by atoms with van der Waals surface area (Å²) in [6, 6.07) is 6.51. The van der Waals surface area contributed by atoms with Gasteiger partial charge in [0.2, 0.25) is 10.0 Å². The number of aromatic nitrogens is 3. The Bertz CT molecular complexity index is 1130. The molecule has 4 fully saturated rings. The quantitative estimate of drug-likeness (QED) is 0.725. The van der Waals surface area contributed by atoms with E-state index in [1.54, 1.807) is 0 Å². The van der Waals surface area contributed by atoms with E-state index in [0.29, 0.717) is 0 Å². The van der Waals surface area contributed by atoms with Crippen LogP contribution in [0.3, 0.4) is 0 Å². The van der Waals surface area contributed by atoms with E-state index in [4.69, 9.17) is 0 Å². The van der Waals surface area contributed by atoms with Crippen molar-refractivity contribution in [3.8, 4) is 0 Å². The van der Waals surface area contributed by atoms with E-state index < -0.39 is 10.0 Å². The van der Waals surface area contributed by atoms with Crippen LogP contribution in [0.25, 0.3) is 16.7 Å². The average molecular weight is 385 g/mol. The largest absolute Gasteiger partial charge is 0.345 e. The van der Waals surface area contributed by atoms with Crippen molar-refractivity contribution in [3.63, 3.8) is 0 Å². The zero-order valence-corrected chi connectivity index (χ0v) is 16.1. The standard InChI is InChI=1S/C20H24N4O2S/c25-27(26,15-2-3-15)23-20-9-6-19(7-10-20,8-11-20)17-4-1-14-13-22-18-16(24(14)17)5-12-21-18/h1,4-5,12-13,15,21,23H,2-3,6-11H2. The van der Waals surface area contributed by atoms with Crippen molar-refractivity contribution in [2.24, 2.45) is 0 Å². The number of hydrogen-bond acceptors (Lipinski definition) is 3. The molecular weight excluding hydrogens is 360 g/mol. The van der Waals surface area contributed by atoms with Crippen molar-refractivity contribution in [2.45, 2.75) is 67.6 Å². The van der Waals surface area contributed by atoms with Gasteiger partial charge in [0.05, 0.1) is 22.5 Å². The van der Waals surface area contributed by atoms with Gasteiger partial charge in [-0.2, -0.15) is 0 Å². The molecule has 0 radical (unpaired) electrons. The maximum atomic E-state index is 12.5. The Morgan fingerprint density at radius 3 is 2.52 bits per heavy atom. The third kappa shape index (κ3) is 2.27. The van der Waals surface area contributed by atoms with Crippen molar-refractivity contribution in [1.29, 1.82) is 0 Å². The van der Waals surface area contributed by atoms with Crippen LogP contribution in [0.5, 0.6) is 0 Å². The molecule has 0 aromatic carbocycles. The first-order valence-corrected chi connectivity index (χ1v) is 11.5. The number of H-pyrrole nitrogens is 1. The molecule has 7 rings (SSSR count). The van der Waals surface area contributed by atoms with E-state index in [1.807, 2.05) is 12.4 Å². The third-order valence-electron chi connectivity index (χ3n) is 7.29. The number of sulfonamides is 1. The Morgan fingerprint density at radius 2 is 1.81 bits per heavy atom. The molecule has 27 heavy (non-hydrogen) atoms. The fourth-order valence-corrected chi connectivity index (χ4v) is 7.32. The molecule has 3 aromatic heterocycles. The summed E-state index contributed by atoms with van der Waals surface area (Å²) in [5.74, 6) is 0. The highest BCUT2D eigenvalue weighted by Gasteiger charge is 2.53. The lowest BCUT2D eigenvalue weighted by molar-refractivity contribution is 0.0915. The smallest absolute Gasteiger partial charge is 0.214 e. The number of nitrogens with zero attached hydrogens (tertiary/aromatic N) is 2. The average Bonchev–Trinajstić information content (AvgIpc) is 3.27. The maximum absolute atomic E-state index is 12.5. The molecule has 0 unspecified atom stereocenters. The Morgan fingerprint density at radius 1 is 1.07 bits per heavy atom. The molecule has 6 nitrogen and oxygen atoms in total. The predicted octanol–water partition coefficient (Wildman–Crippen LogP) is 3.24. The summed E-state index contributed by atoms with van der Waals surface area (Å²) in [4.78, 5) is 7.72. The summed E-state index contributed by atoms with van der Waals surface area (Å²) >= 11 is 0. The van der Waals surface area contributed by atoms with E-state index in [0.717, 1.165) is 68.0 Å². The summed E-state index contributed by atoms with van der Waals surface area (Å²) in [7, 11) is -3.13. The van der Waals surface area contributed by atoms with Crippen molar-refractivity contribution >= 4 is 26.7 Å². The molecule has 142 valence electrons. The third-order valence-corrected chi connectivity index (χ3v) is 9.36. The van der Waals surface area contributed by atoms with Crippen molar-refractivity contribution in [1.82, 2.24) is 19.1 Å². The minimum atomic E-state index is -3.13. The van der Waals surface area contributed by atoms with E-state index in [1.165, 1.54) is 5.69 Å². The van der Waals surface area contributed by atoms with Crippen LogP contribution >= 0.6 is 0 Å². The molecule has 4 saturated carbocycles. The van der Waals surface area contributed by atoms with Gasteiger partial charge in [0.25, 0.3) is 0 Å². The van der Waals surface area contributed by atoms with Gasteiger partial charge in [-0.25, -0.2) is 18.1 Å². The molecule has 3 heterocycles. The molecule has 7 heteroatoms. The van der Waals surface area contributed by atoms with Crippen LogP contribution in [0.4, 0.5) is 0 Å². The number of aromatic amines is 1. The van der Waals surface area contributed by atoms with Gasteiger partial charge < -0.3 is 9.38 Å². The second-order valence-corrected chi connectivity index (χ2v) is 10.8. The van der Waals surface area contributed by atoms with Gasteiger partial charge in [0.15, 0.2) is 5.65 Å². The summed E-state index contributed by atoms with van der Waals surface area (Å²) < 4.78 is 30.5. The van der Waals surface area contributed by atoms with Gasteiger partial charge in [-0.15, -0.1) is 0 Å². The van der Waals surface area contributed by atoms with Gasteiger partial charge in [0, 0.05) is 22.8 Å². The molecule has 0 amide bonds. The van der Waals surface area contributed by atoms with Crippen molar-refractivity contribution in [2.75, 3.05) is 0 Å². The molecule has 0 atom stereocenters. The second kappa shape index (κ2) is 5.14. The number of rotatable bonds is 4. The highest BCUT2D eigenvalue weighted by molar-refractivity contribution is 7.90. The monoisotopic (exact) mass is 384 g/mol. The van der Waals surface area contributed by atoms with Crippen LogP contribution < -0.4 is 4.72 Å². The van der Waals surface area contributed by atoms with E-state index >= 15 is 0 Å². The SMILES string of the molecule is O=S(=O)(NC12CCC(c3ccc4cnc5[nH]ccc5n34)(CC1)CC2)C1CC1. The van der Waals surface area contributed by atoms with Crippen molar-refractivity contribution in [3.05, 3.63) is 36.3 Å². The Labute approximate surface area is 158 Å². The first kappa shape index (κ1) is 16.1. The van der Waals surface area contributed by atoms with Crippen LogP contribution in [0.15, 0.2) is 30.6 Å². The van der Waals surface area contributed by atoms with Crippen LogP contribution in [0.2, 0.25) is 0 Å². The highest BCUT2D eigenvalue weighted by atomic mass is 32.2. The normalized spacial score (nSPS) is 31.1. The molecular formula is C20H24N4O2S. The molecule has 3 aromatic rings. The first-order valence-electron chi connectivity index (χ1n) is 9.97. The molecule has 2 N–H and O–H groups in total. The van der Waals surface area contributed by atoms with Gasteiger partial charge >= 0.3 is 0 Å². The summed E-state index contributed by atoms with van der Waals surface area (Å²) in [5, 5.41) is -0.135. The Hall–Kier alpha value is -1.86. The highest BCUT2D eigenvalue weighted by Crippen LogP contribution is 2.54. The van der Waals surface area contributed by atoms with Gasteiger partial charge in [-0.3, -0.25) is 0 Å². The molecule has 4 aliphatic rings. The minimum Gasteiger partial charge on any atom is -0.345 e. The van der Waals surface area contributed by atoms with Crippen LogP contribution in [-0.4, -0.2) is 33.6 Å². The van der Waals surface area contributed by atoms with Gasteiger partial charge in [0.1, 0.15) is 0 Å². The van der Waals surface area contributed by atoms with Crippen molar-refractivity contribution < 1.29 is 8.42 Å². The predicted molar refractivity (Wildman–Crippen MR) is 104 cm³/mol. The molecule has 4 aliphatic carbocycles. The lowest BCUT2D eigenvalue weighted by Gasteiger charge is -2.53. The maximum Gasteiger partial charge on any atom is 0.214 e. The second-order valence-electron chi connectivity index (χ2n) is 8.86. The summed E-state index contributed by atoms with van der Waals surface area (Å²) in [6.45, 7) is 0. The number of fused-ring (bicyclic) bond motifs is 6. The van der Waals surface area contributed by atoms with E-state index in [-0.39, 0.29) is 16.2 Å². The Balaban J connectivity index is 1.37. The van der Waals surface area contributed by atoms with Crippen LogP contribution in [0.1, 0.15) is 57.1 Å². The lowest BCUT2D eigenvalue weighted by Crippen LogP contribution is -2.58. The zero-order chi connectivity index (χ0) is 18.3. The number of nitrogens with one attached hydrogen (secondary N) is 2. The zero-order valence-electron chi connectivity index (χ0n) is 15.2. The van der Waals surface area contributed by atoms with E-state index in [9.17, 15) is 8.42 Å². The fourth-order valence-electron chi connectivity index (χ4n) is 5.49.